The monoisotopic (exact) mass is 243 g/mol. The van der Waals surface area contributed by atoms with Gasteiger partial charge in [0.05, 0.1) is 17.3 Å². The highest BCUT2D eigenvalue weighted by atomic mass is 32.1. The van der Waals surface area contributed by atoms with Crippen LogP contribution in [0.25, 0.3) is 0 Å². The molecule has 0 spiro atoms. The Labute approximate surface area is 105 Å². The molecule has 0 aliphatic carbocycles. The van der Waals surface area contributed by atoms with Gasteiger partial charge in [0.2, 0.25) is 0 Å². The van der Waals surface area contributed by atoms with Crippen LogP contribution in [0.4, 0.5) is 5.13 Å². The molecule has 2 N–H and O–H groups in total. The molecule has 1 aromatic heterocycles. The van der Waals surface area contributed by atoms with Crippen molar-refractivity contribution >= 4 is 16.5 Å². The van der Waals surface area contributed by atoms with Crippen LogP contribution in [0.2, 0.25) is 0 Å². The molecule has 0 fully saturated rings. The summed E-state index contributed by atoms with van der Waals surface area (Å²) in [7, 11) is 0. The molecule has 17 heavy (non-hydrogen) atoms. The summed E-state index contributed by atoms with van der Waals surface area (Å²) in [6.07, 6.45) is 1.69. The van der Waals surface area contributed by atoms with Crippen molar-refractivity contribution in [3.05, 3.63) is 46.0 Å². The van der Waals surface area contributed by atoms with Gasteiger partial charge in [0, 0.05) is 11.3 Å². The SMILES string of the molecule is CCc1nc(N)sc1Cc1cccc(C#N)c1. The first-order chi connectivity index (χ1) is 8.22. The largest absolute Gasteiger partial charge is 0.375 e. The molecule has 0 radical (unpaired) electrons. The molecule has 0 aliphatic rings. The predicted octanol–water partition coefficient (Wildman–Crippen LogP) is 2.75. The van der Waals surface area contributed by atoms with Crippen molar-refractivity contribution in [3.8, 4) is 6.07 Å². The minimum Gasteiger partial charge on any atom is -0.375 e. The van der Waals surface area contributed by atoms with Crippen molar-refractivity contribution in [3.63, 3.8) is 0 Å². The maximum Gasteiger partial charge on any atom is 0.180 e. The zero-order chi connectivity index (χ0) is 12.3. The topological polar surface area (TPSA) is 62.7 Å². The quantitative estimate of drug-likeness (QED) is 0.901. The van der Waals surface area contributed by atoms with E-state index in [9.17, 15) is 0 Å². The van der Waals surface area contributed by atoms with Crippen LogP contribution in [0, 0.1) is 11.3 Å². The normalized spacial score (nSPS) is 10.1. The van der Waals surface area contributed by atoms with E-state index in [2.05, 4.69) is 18.0 Å². The first kappa shape index (κ1) is 11.6. The summed E-state index contributed by atoms with van der Waals surface area (Å²) >= 11 is 1.53. The van der Waals surface area contributed by atoms with Crippen LogP contribution in [-0.4, -0.2) is 4.98 Å². The Morgan fingerprint density at radius 1 is 1.47 bits per heavy atom. The smallest absolute Gasteiger partial charge is 0.180 e. The van der Waals surface area contributed by atoms with E-state index in [0.29, 0.717) is 10.7 Å². The maximum atomic E-state index is 8.85. The Kier molecular flexibility index (Phi) is 3.40. The first-order valence-corrected chi connectivity index (χ1v) is 6.27. The number of anilines is 1. The van der Waals surface area contributed by atoms with E-state index in [1.807, 2.05) is 24.3 Å². The van der Waals surface area contributed by atoms with Gasteiger partial charge in [-0.15, -0.1) is 11.3 Å². The van der Waals surface area contributed by atoms with E-state index in [1.165, 1.54) is 16.2 Å². The first-order valence-electron chi connectivity index (χ1n) is 5.46. The number of hydrogen-bond acceptors (Lipinski definition) is 4. The molecular weight excluding hydrogens is 230 g/mol. The van der Waals surface area contributed by atoms with Crippen molar-refractivity contribution in [1.29, 1.82) is 5.26 Å². The summed E-state index contributed by atoms with van der Waals surface area (Å²) in [6, 6.07) is 9.80. The summed E-state index contributed by atoms with van der Waals surface area (Å²) in [5.74, 6) is 0. The molecule has 0 aliphatic heterocycles. The third kappa shape index (κ3) is 2.63. The number of thiazole rings is 1. The van der Waals surface area contributed by atoms with Crippen LogP contribution >= 0.6 is 11.3 Å². The van der Waals surface area contributed by atoms with Gasteiger partial charge < -0.3 is 5.73 Å². The van der Waals surface area contributed by atoms with Gasteiger partial charge in [0.25, 0.3) is 0 Å². The van der Waals surface area contributed by atoms with Gasteiger partial charge in [-0.1, -0.05) is 19.1 Å². The van der Waals surface area contributed by atoms with Gasteiger partial charge >= 0.3 is 0 Å². The van der Waals surface area contributed by atoms with Crippen LogP contribution in [0.15, 0.2) is 24.3 Å². The van der Waals surface area contributed by atoms with E-state index in [0.717, 1.165) is 24.1 Å². The highest BCUT2D eigenvalue weighted by Crippen LogP contribution is 2.24. The lowest BCUT2D eigenvalue weighted by molar-refractivity contribution is 1.02. The molecule has 0 amide bonds. The number of nitrogens with zero attached hydrogens (tertiary/aromatic N) is 2. The minimum atomic E-state index is 0.619. The molecule has 0 saturated heterocycles. The minimum absolute atomic E-state index is 0.619. The highest BCUT2D eigenvalue weighted by Gasteiger charge is 2.08. The average Bonchev–Trinajstić information content (AvgIpc) is 2.69. The zero-order valence-electron chi connectivity index (χ0n) is 9.60. The lowest BCUT2D eigenvalue weighted by Gasteiger charge is -2.01. The van der Waals surface area contributed by atoms with Crippen molar-refractivity contribution in [1.82, 2.24) is 4.98 Å². The molecule has 1 heterocycles. The number of nitrogens with two attached hydrogens (primary N) is 1. The molecule has 3 nitrogen and oxygen atoms in total. The number of rotatable bonds is 3. The third-order valence-corrected chi connectivity index (χ3v) is 3.48. The summed E-state index contributed by atoms with van der Waals surface area (Å²) < 4.78 is 0. The van der Waals surface area contributed by atoms with Crippen molar-refractivity contribution < 1.29 is 0 Å². The molecule has 0 atom stereocenters. The van der Waals surface area contributed by atoms with E-state index in [-0.39, 0.29) is 0 Å². The van der Waals surface area contributed by atoms with Crippen LogP contribution in [0.5, 0.6) is 0 Å². The van der Waals surface area contributed by atoms with E-state index in [1.54, 1.807) is 0 Å². The number of benzene rings is 1. The van der Waals surface area contributed by atoms with Crippen molar-refractivity contribution in [2.45, 2.75) is 19.8 Å². The van der Waals surface area contributed by atoms with Crippen molar-refractivity contribution in [2.24, 2.45) is 0 Å². The molecule has 86 valence electrons. The Bertz CT molecular complexity index is 566. The third-order valence-electron chi connectivity index (χ3n) is 2.55. The fourth-order valence-corrected chi connectivity index (χ4v) is 2.71. The van der Waals surface area contributed by atoms with Crippen LogP contribution < -0.4 is 5.73 Å². The maximum absolute atomic E-state index is 8.85. The number of nitrogen functional groups attached to an aromatic ring is 1. The predicted molar refractivity (Wildman–Crippen MR) is 69.9 cm³/mol. The van der Waals surface area contributed by atoms with Crippen LogP contribution in [0.1, 0.15) is 28.6 Å². The molecule has 0 bridgehead atoms. The number of nitriles is 1. The molecular formula is C13H13N3S. The summed E-state index contributed by atoms with van der Waals surface area (Å²) in [4.78, 5) is 5.49. The van der Waals surface area contributed by atoms with Gasteiger partial charge in [-0.25, -0.2) is 4.98 Å². The molecule has 2 aromatic rings. The van der Waals surface area contributed by atoms with Crippen molar-refractivity contribution in [2.75, 3.05) is 5.73 Å². The fraction of sp³-hybridized carbons (Fsp3) is 0.231. The molecule has 4 heteroatoms. The van der Waals surface area contributed by atoms with Gasteiger partial charge in [-0.05, 0) is 24.1 Å². The van der Waals surface area contributed by atoms with E-state index < -0.39 is 0 Å². The zero-order valence-corrected chi connectivity index (χ0v) is 10.4. The van der Waals surface area contributed by atoms with Gasteiger partial charge in [0.15, 0.2) is 5.13 Å². The Morgan fingerprint density at radius 3 is 3.00 bits per heavy atom. The second-order valence-electron chi connectivity index (χ2n) is 3.76. The van der Waals surface area contributed by atoms with E-state index >= 15 is 0 Å². The standard InChI is InChI=1S/C13H13N3S/c1-2-11-12(17-13(15)16-11)7-9-4-3-5-10(6-9)8-14/h3-6H,2,7H2,1H3,(H2,15,16). The molecule has 0 saturated carbocycles. The van der Waals surface area contributed by atoms with Crippen LogP contribution in [0.3, 0.4) is 0 Å². The summed E-state index contributed by atoms with van der Waals surface area (Å²) in [5.41, 5.74) is 8.60. The second-order valence-corrected chi connectivity index (χ2v) is 4.88. The Morgan fingerprint density at radius 2 is 2.29 bits per heavy atom. The lowest BCUT2D eigenvalue weighted by atomic mass is 10.1. The molecule has 1 aromatic carbocycles. The Hall–Kier alpha value is -1.86. The van der Waals surface area contributed by atoms with Gasteiger partial charge in [-0.2, -0.15) is 5.26 Å². The molecule has 0 unspecified atom stereocenters. The number of aromatic nitrogens is 1. The van der Waals surface area contributed by atoms with Gasteiger partial charge in [-0.3, -0.25) is 0 Å². The highest BCUT2D eigenvalue weighted by molar-refractivity contribution is 7.15. The van der Waals surface area contributed by atoms with Crippen LogP contribution in [-0.2, 0) is 12.8 Å². The fourth-order valence-electron chi connectivity index (χ4n) is 1.75. The lowest BCUT2D eigenvalue weighted by Crippen LogP contribution is -1.91. The summed E-state index contributed by atoms with van der Waals surface area (Å²) in [5, 5.41) is 9.47. The number of hydrogen-bond donors (Lipinski definition) is 1. The molecule has 2 rings (SSSR count). The summed E-state index contributed by atoms with van der Waals surface area (Å²) in [6.45, 7) is 2.07. The van der Waals surface area contributed by atoms with E-state index in [4.69, 9.17) is 11.0 Å². The van der Waals surface area contributed by atoms with Gasteiger partial charge in [0.1, 0.15) is 0 Å². The average molecular weight is 243 g/mol. The Balaban J connectivity index is 2.28. The number of aryl methyl sites for hydroxylation is 1. The second kappa shape index (κ2) is 4.98.